The van der Waals surface area contributed by atoms with Gasteiger partial charge in [0.15, 0.2) is 5.43 Å². The van der Waals surface area contributed by atoms with Gasteiger partial charge in [0.25, 0.3) is 0 Å². The van der Waals surface area contributed by atoms with Crippen molar-refractivity contribution in [2.24, 2.45) is 0 Å². The zero-order chi connectivity index (χ0) is 17.6. The number of rotatable bonds is 5. The minimum atomic E-state index is -0.793. The van der Waals surface area contributed by atoms with E-state index in [1.165, 1.54) is 0 Å². The molecule has 0 unspecified atom stereocenters. The third-order valence-corrected chi connectivity index (χ3v) is 3.39. The van der Waals surface area contributed by atoms with Crippen LogP contribution in [0.2, 0.25) is 0 Å². The number of hydrogen-bond acceptors (Lipinski definition) is 6. The van der Waals surface area contributed by atoms with E-state index in [1.807, 2.05) is 0 Å². The van der Waals surface area contributed by atoms with Gasteiger partial charge < -0.3 is 13.9 Å². The maximum atomic E-state index is 12.0. The number of carbonyl (C=O) groups excluding carboxylic acids is 2. The van der Waals surface area contributed by atoms with Gasteiger partial charge in [0, 0.05) is 6.07 Å². The highest BCUT2D eigenvalue weighted by molar-refractivity contribution is 5.90. The second-order valence-electron chi connectivity index (χ2n) is 5.11. The first-order valence-electron chi connectivity index (χ1n) is 7.57. The van der Waals surface area contributed by atoms with E-state index in [0.717, 1.165) is 6.07 Å². The number of para-hydroxylation sites is 1. The molecule has 0 saturated carbocycles. The predicted octanol–water partition coefficient (Wildman–Crippen LogP) is 2.81. The molecule has 0 radical (unpaired) electrons. The van der Waals surface area contributed by atoms with E-state index in [9.17, 15) is 14.4 Å². The van der Waals surface area contributed by atoms with E-state index >= 15 is 0 Å². The third-order valence-electron chi connectivity index (χ3n) is 3.39. The van der Waals surface area contributed by atoms with Gasteiger partial charge in [-0.25, -0.2) is 9.59 Å². The zero-order valence-corrected chi connectivity index (χ0v) is 13.1. The Hall–Kier alpha value is -3.41. The largest absolute Gasteiger partial charge is 0.458 e. The monoisotopic (exact) mass is 338 g/mol. The zero-order valence-electron chi connectivity index (χ0n) is 13.1. The maximum absolute atomic E-state index is 12.0. The summed E-state index contributed by atoms with van der Waals surface area (Å²) in [6, 6.07) is 16.2. The lowest BCUT2D eigenvalue weighted by Crippen LogP contribution is -2.15. The minimum Gasteiger partial charge on any atom is -0.458 e. The molecule has 0 fully saturated rings. The van der Waals surface area contributed by atoms with Gasteiger partial charge in [-0.15, -0.1) is 0 Å². The molecule has 6 nitrogen and oxygen atoms in total. The normalized spacial score (nSPS) is 10.4. The predicted molar refractivity (Wildman–Crippen MR) is 89.5 cm³/mol. The molecule has 0 aliphatic carbocycles. The average molecular weight is 338 g/mol. The standard InChI is InChI=1S/C19H14O6/c20-15-12-17(25-16-9-5-4-8-14(15)16)19(22)24-11-10-23-18(21)13-6-2-1-3-7-13/h1-9,12H,10-11H2. The quantitative estimate of drug-likeness (QED) is 0.525. The Morgan fingerprint density at radius 3 is 2.24 bits per heavy atom. The second-order valence-corrected chi connectivity index (χ2v) is 5.11. The van der Waals surface area contributed by atoms with Gasteiger partial charge >= 0.3 is 11.9 Å². The summed E-state index contributed by atoms with van der Waals surface area (Å²) in [6.45, 7) is -0.245. The second kappa shape index (κ2) is 7.44. The van der Waals surface area contributed by atoms with Gasteiger partial charge in [-0.1, -0.05) is 30.3 Å². The molecule has 0 bridgehead atoms. The lowest BCUT2D eigenvalue weighted by molar-refractivity contribution is 0.0247. The minimum absolute atomic E-state index is 0.0999. The van der Waals surface area contributed by atoms with Crippen molar-refractivity contribution >= 4 is 22.9 Å². The first kappa shape index (κ1) is 16.4. The van der Waals surface area contributed by atoms with Gasteiger partial charge in [-0.05, 0) is 24.3 Å². The SMILES string of the molecule is O=C(OCCOC(=O)c1cc(=O)c2ccccc2o1)c1ccccc1. The van der Waals surface area contributed by atoms with Crippen LogP contribution in [0.4, 0.5) is 0 Å². The Kier molecular flexibility index (Phi) is 4.89. The number of carbonyl (C=O) groups is 2. The molecule has 0 spiro atoms. The highest BCUT2D eigenvalue weighted by Crippen LogP contribution is 2.12. The lowest BCUT2D eigenvalue weighted by Gasteiger charge is -2.06. The molecule has 0 saturated heterocycles. The van der Waals surface area contributed by atoms with Crippen LogP contribution in [0.3, 0.4) is 0 Å². The summed E-state index contributed by atoms with van der Waals surface area (Å²) >= 11 is 0. The molecule has 1 aromatic heterocycles. The molecule has 25 heavy (non-hydrogen) atoms. The summed E-state index contributed by atoms with van der Waals surface area (Å²) in [4.78, 5) is 35.6. The van der Waals surface area contributed by atoms with Crippen molar-refractivity contribution in [1.29, 1.82) is 0 Å². The number of fused-ring (bicyclic) bond motifs is 1. The molecular formula is C19H14O6. The van der Waals surface area contributed by atoms with Crippen molar-refractivity contribution in [2.45, 2.75) is 0 Å². The Labute approximate surface area is 142 Å². The number of benzene rings is 2. The lowest BCUT2D eigenvalue weighted by atomic mass is 10.2. The van der Waals surface area contributed by atoms with E-state index in [2.05, 4.69) is 0 Å². The van der Waals surface area contributed by atoms with Crippen molar-refractivity contribution in [3.63, 3.8) is 0 Å². The fraction of sp³-hybridized carbons (Fsp3) is 0.105. The molecule has 6 heteroatoms. The van der Waals surface area contributed by atoms with Crippen LogP contribution in [0.5, 0.6) is 0 Å². The molecule has 3 rings (SSSR count). The van der Waals surface area contributed by atoms with E-state index in [0.29, 0.717) is 16.5 Å². The van der Waals surface area contributed by atoms with Crippen LogP contribution in [0.1, 0.15) is 20.9 Å². The Balaban J connectivity index is 1.56. The molecule has 3 aromatic rings. The molecule has 2 aromatic carbocycles. The highest BCUT2D eigenvalue weighted by atomic mass is 16.6. The summed E-state index contributed by atoms with van der Waals surface area (Å²) in [5.41, 5.74) is 0.385. The fourth-order valence-corrected chi connectivity index (χ4v) is 2.20. The van der Waals surface area contributed by atoms with E-state index < -0.39 is 11.9 Å². The highest BCUT2D eigenvalue weighted by Gasteiger charge is 2.14. The van der Waals surface area contributed by atoms with Crippen LogP contribution in [-0.2, 0) is 9.47 Å². The van der Waals surface area contributed by atoms with Crippen molar-refractivity contribution in [3.8, 4) is 0 Å². The van der Waals surface area contributed by atoms with Crippen LogP contribution in [0.15, 0.2) is 69.9 Å². The summed E-state index contributed by atoms with van der Waals surface area (Å²) in [6.07, 6.45) is 0. The summed E-state index contributed by atoms with van der Waals surface area (Å²) in [5.74, 6) is -1.49. The van der Waals surface area contributed by atoms with Crippen LogP contribution >= 0.6 is 0 Å². The average Bonchev–Trinajstić information content (AvgIpc) is 2.65. The van der Waals surface area contributed by atoms with E-state index in [4.69, 9.17) is 13.9 Å². The van der Waals surface area contributed by atoms with Gasteiger partial charge in [0.05, 0.1) is 10.9 Å². The van der Waals surface area contributed by atoms with Crippen molar-refractivity contribution < 1.29 is 23.5 Å². The number of hydrogen-bond donors (Lipinski definition) is 0. The Morgan fingerprint density at radius 2 is 1.48 bits per heavy atom. The van der Waals surface area contributed by atoms with Crippen LogP contribution in [0.25, 0.3) is 11.0 Å². The molecule has 0 atom stereocenters. The van der Waals surface area contributed by atoms with E-state index in [1.54, 1.807) is 54.6 Å². The van der Waals surface area contributed by atoms with E-state index in [-0.39, 0.29) is 24.4 Å². The summed E-state index contributed by atoms with van der Waals surface area (Å²) in [5, 5.41) is 0.385. The molecule has 0 amide bonds. The summed E-state index contributed by atoms with van der Waals surface area (Å²) in [7, 11) is 0. The Morgan fingerprint density at radius 1 is 0.840 bits per heavy atom. The van der Waals surface area contributed by atoms with Gasteiger partial charge in [0.2, 0.25) is 5.76 Å². The van der Waals surface area contributed by atoms with Crippen molar-refractivity contribution in [3.05, 3.63) is 82.2 Å². The molecular weight excluding hydrogens is 324 g/mol. The van der Waals surface area contributed by atoms with Gasteiger partial charge in [0.1, 0.15) is 18.8 Å². The van der Waals surface area contributed by atoms with Crippen LogP contribution in [0, 0.1) is 0 Å². The first-order valence-corrected chi connectivity index (χ1v) is 7.57. The van der Waals surface area contributed by atoms with Crippen LogP contribution < -0.4 is 5.43 Å². The molecule has 0 aliphatic rings. The third kappa shape index (κ3) is 3.92. The number of esters is 2. The Bertz CT molecular complexity index is 958. The van der Waals surface area contributed by atoms with Crippen molar-refractivity contribution in [1.82, 2.24) is 0 Å². The summed E-state index contributed by atoms with van der Waals surface area (Å²) < 4.78 is 15.3. The van der Waals surface area contributed by atoms with Gasteiger partial charge in [-0.3, -0.25) is 4.79 Å². The van der Waals surface area contributed by atoms with Gasteiger partial charge in [-0.2, -0.15) is 0 Å². The molecule has 0 aliphatic heterocycles. The van der Waals surface area contributed by atoms with Crippen molar-refractivity contribution in [2.75, 3.05) is 13.2 Å². The first-order chi connectivity index (χ1) is 12.1. The fourth-order valence-electron chi connectivity index (χ4n) is 2.20. The van der Waals surface area contributed by atoms with Crippen LogP contribution in [-0.4, -0.2) is 25.2 Å². The smallest absolute Gasteiger partial charge is 0.374 e. The maximum Gasteiger partial charge on any atom is 0.374 e. The topological polar surface area (TPSA) is 82.8 Å². The molecule has 1 heterocycles. The number of ether oxygens (including phenoxy) is 2. The molecule has 126 valence electrons. The molecule has 0 N–H and O–H groups in total.